The lowest BCUT2D eigenvalue weighted by molar-refractivity contribution is 0.224. The second-order valence-electron chi connectivity index (χ2n) is 5.03. The number of nitrogens with zero attached hydrogens (tertiary/aromatic N) is 3. The minimum Gasteiger partial charge on any atom is -0.487 e. The van der Waals surface area contributed by atoms with Gasteiger partial charge in [0.2, 0.25) is 10.0 Å². The Bertz CT molecular complexity index is 752. The number of hydrogen-bond acceptors (Lipinski definition) is 6. The monoisotopic (exact) mass is 320 g/mol. The fraction of sp³-hybridized carbons (Fsp3) is 0.286. The number of rotatable bonds is 4. The van der Waals surface area contributed by atoms with Crippen molar-refractivity contribution in [2.75, 3.05) is 18.0 Å². The van der Waals surface area contributed by atoms with Crippen molar-refractivity contribution in [2.24, 2.45) is 5.14 Å². The van der Waals surface area contributed by atoms with E-state index in [9.17, 15) is 8.42 Å². The third-order valence-corrected chi connectivity index (χ3v) is 4.37. The highest BCUT2D eigenvalue weighted by atomic mass is 32.2. The first kappa shape index (κ1) is 14.7. The molecule has 1 aliphatic heterocycles. The van der Waals surface area contributed by atoms with Crippen LogP contribution < -0.4 is 14.8 Å². The number of hydrogen-bond donors (Lipinski definition) is 1. The van der Waals surface area contributed by atoms with Gasteiger partial charge in [-0.15, -0.1) is 0 Å². The lowest BCUT2D eigenvalue weighted by Crippen LogP contribution is -2.27. The van der Waals surface area contributed by atoms with Crippen LogP contribution >= 0.6 is 0 Å². The summed E-state index contributed by atoms with van der Waals surface area (Å²) in [6, 6.07) is 6.67. The minimum absolute atomic E-state index is 0.0389. The van der Waals surface area contributed by atoms with Crippen LogP contribution in [0.1, 0.15) is 6.42 Å². The van der Waals surface area contributed by atoms with Crippen LogP contribution in [0.3, 0.4) is 0 Å². The van der Waals surface area contributed by atoms with Gasteiger partial charge in [-0.25, -0.2) is 18.5 Å². The van der Waals surface area contributed by atoms with E-state index in [0.717, 1.165) is 6.42 Å². The highest BCUT2D eigenvalue weighted by Gasteiger charge is 2.28. The summed E-state index contributed by atoms with van der Waals surface area (Å²) in [5.41, 5.74) is 0. The maximum atomic E-state index is 11.7. The molecule has 0 radical (unpaired) electrons. The highest BCUT2D eigenvalue weighted by Crippen LogP contribution is 2.26. The van der Waals surface area contributed by atoms with Crippen LogP contribution in [0.15, 0.2) is 47.8 Å². The van der Waals surface area contributed by atoms with Gasteiger partial charge in [0.1, 0.15) is 22.6 Å². The van der Waals surface area contributed by atoms with E-state index in [1.807, 2.05) is 11.0 Å². The molecule has 2 aromatic rings. The Labute approximate surface area is 128 Å². The molecule has 3 rings (SSSR count). The van der Waals surface area contributed by atoms with Gasteiger partial charge in [-0.1, -0.05) is 0 Å². The Morgan fingerprint density at radius 3 is 2.82 bits per heavy atom. The first-order chi connectivity index (χ1) is 10.5. The quantitative estimate of drug-likeness (QED) is 0.894. The summed E-state index contributed by atoms with van der Waals surface area (Å²) >= 11 is 0. The molecule has 8 heteroatoms. The molecule has 1 atom stereocenters. The van der Waals surface area contributed by atoms with E-state index in [4.69, 9.17) is 9.88 Å². The van der Waals surface area contributed by atoms with Crippen molar-refractivity contribution < 1.29 is 13.2 Å². The van der Waals surface area contributed by atoms with E-state index < -0.39 is 10.0 Å². The zero-order chi connectivity index (χ0) is 15.6. The highest BCUT2D eigenvalue weighted by molar-refractivity contribution is 7.89. The molecular weight excluding hydrogens is 304 g/mol. The Hall–Kier alpha value is -2.19. The van der Waals surface area contributed by atoms with E-state index in [0.29, 0.717) is 24.7 Å². The van der Waals surface area contributed by atoms with Gasteiger partial charge in [0.25, 0.3) is 0 Å². The third-order valence-electron chi connectivity index (χ3n) is 3.44. The molecule has 2 aromatic heterocycles. The Morgan fingerprint density at radius 2 is 2.09 bits per heavy atom. The summed E-state index contributed by atoms with van der Waals surface area (Å²) in [5.74, 6) is 1.07. The molecular formula is C14H16N4O3S. The van der Waals surface area contributed by atoms with Gasteiger partial charge in [0.15, 0.2) is 0 Å². The topological polar surface area (TPSA) is 98.4 Å². The summed E-state index contributed by atoms with van der Waals surface area (Å²) in [5, 5.41) is 5.25. The summed E-state index contributed by atoms with van der Waals surface area (Å²) in [6.07, 6.45) is 5.62. The van der Waals surface area contributed by atoms with Gasteiger partial charge in [-0.05, 0) is 24.3 Å². The third kappa shape index (κ3) is 3.18. The molecule has 1 saturated heterocycles. The van der Waals surface area contributed by atoms with Gasteiger partial charge >= 0.3 is 0 Å². The number of nitrogens with two attached hydrogens (primary N) is 1. The molecule has 1 unspecified atom stereocenters. The average Bonchev–Trinajstić information content (AvgIpc) is 2.96. The number of aromatic nitrogens is 2. The number of primary sulfonamides is 1. The number of sulfonamides is 1. The second-order valence-corrected chi connectivity index (χ2v) is 6.56. The zero-order valence-electron chi connectivity index (χ0n) is 11.8. The Morgan fingerprint density at radius 1 is 1.27 bits per heavy atom. The molecule has 22 heavy (non-hydrogen) atoms. The van der Waals surface area contributed by atoms with Gasteiger partial charge in [-0.2, -0.15) is 0 Å². The number of ether oxygens (including phenoxy) is 1. The smallest absolute Gasteiger partial charge is 0.241 e. The summed E-state index contributed by atoms with van der Waals surface area (Å²) in [6.45, 7) is 1.21. The predicted octanol–water partition coefficient (Wildman–Crippen LogP) is 0.782. The van der Waals surface area contributed by atoms with Crippen molar-refractivity contribution in [3.63, 3.8) is 0 Å². The van der Waals surface area contributed by atoms with Crippen molar-refractivity contribution in [2.45, 2.75) is 17.4 Å². The van der Waals surface area contributed by atoms with Crippen LogP contribution in [0.5, 0.6) is 5.75 Å². The summed E-state index contributed by atoms with van der Waals surface area (Å²) < 4.78 is 29.1. The van der Waals surface area contributed by atoms with E-state index in [1.54, 1.807) is 30.7 Å². The normalized spacial score (nSPS) is 18.4. The SMILES string of the molecule is NS(=O)(=O)c1cccnc1N1CCC(Oc2cccnc2)C1. The van der Waals surface area contributed by atoms with Crippen molar-refractivity contribution >= 4 is 15.8 Å². The second kappa shape index (κ2) is 5.90. The van der Waals surface area contributed by atoms with Gasteiger partial charge in [0.05, 0.1) is 12.7 Å². The molecule has 0 aliphatic carbocycles. The predicted molar refractivity (Wildman–Crippen MR) is 81.1 cm³/mol. The molecule has 116 valence electrons. The van der Waals surface area contributed by atoms with E-state index in [2.05, 4.69) is 9.97 Å². The summed E-state index contributed by atoms with van der Waals surface area (Å²) in [7, 11) is -3.80. The lowest BCUT2D eigenvalue weighted by Gasteiger charge is -2.19. The summed E-state index contributed by atoms with van der Waals surface area (Å²) in [4.78, 5) is 10.1. The van der Waals surface area contributed by atoms with Crippen molar-refractivity contribution in [1.29, 1.82) is 0 Å². The van der Waals surface area contributed by atoms with Gasteiger partial charge in [-0.3, -0.25) is 4.98 Å². The van der Waals surface area contributed by atoms with Gasteiger partial charge < -0.3 is 9.64 Å². The van der Waals surface area contributed by atoms with Crippen LogP contribution in [0.4, 0.5) is 5.82 Å². The number of pyridine rings is 2. The van der Waals surface area contributed by atoms with Crippen molar-refractivity contribution in [1.82, 2.24) is 9.97 Å². The molecule has 0 amide bonds. The van der Waals surface area contributed by atoms with Crippen LogP contribution in [-0.2, 0) is 10.0 Å². The molecule has 3 heterocycles. The fourth-order valence-electron chi connectivity index (χ4n) is 2.47. The van der Waals surface area contributed by atoms with E-state index >= 15 is 0 Å². The molecule has 1 fully saturated rings. The fourth-order valence-corrected chi connectivity index (χ4v) is 3.17. The molecule has 0 saturated carbocycles. The molecule has 2 N–H and O–H groups in total. The lowest BCUT2D eigenvalue weighted by atomic mass is 10.3. The maximum Gasteiger partial charge on any atom is 0.241 e. The molecule has 0 spiro atoms. The Balaban J connectivity index is 1.76. The van der Waals surface area contributed by atoms with E-state index in [1.165, 1.54) is 6.07 Å². The van der Waals surface area contributed by atoms with Crippen LogP contribution in [0.2, 0.25) is 0 Å². The van der Waals surface area contributed by atoms with Crippen LogP contribution in [-0.4, -0.2) is 37.6 Å². The van der Waals surface area contributed by atoms with Crippen LogP contribution in [0, 0.1) is 0 Å². The Kier molecular flexibility index (Phi) is 3.95. The van der Waals surface area contributed by atoms with Gasteiger partial charge in [0, 0.05) is 25.4 Å². The maximum absolute atomic E-state index is 11.7. The zero-order valence-corrected chi connectivity index (χ0v) is 12.6. The molecule has 1 aliphatic rings. The molecule has 7 nitrogen and oxygen atoms in total. The molecule has 0 aromatic carbocycles. The first-order valence-corrected chi connectivity index (χ1v) is 8.38. The van der Waals surface area contributed by atoms with Crippen molar-refractivity contribution in [3.8, 4) is 5.75 Å². The van der Waals surface area contributed by atoms with Crippen LogP contribution in [0.25, 0.3) is 0 Å². The standard InChI is InChI=1S/C14H16N4O3S/c15-22(19,20)13-4-2-7-17-14(13)18-8-5-12(10-18)21-11-3-1-6-16-9-11/h1-4,6-7,9,12H,5,8,10H2,(H2,15,19,20). The van der Waals surface area contributed by atoms with E-state index in [-0.39, 0.29) is 11.0 Å². The molecule has 0 bridgehead atoms. The largest absolute Gasteiger partial charge is 0.487 e. The minimum atomic E-state index is -3.80. The average molecular weight is 320 g/mol. The number of anilines is 1. The van der Waals surface area contributed by atoms with Crippen molar-refractivity contribution in [3.05, 3.63) is 42.9 Å². The first-order valence-electron chi connectivity index (χ1n) is 6.83.